The SMILES string of the molecule is CCC(CC)(NC(=O)NCC(=O)NC(C)C)C(=O)O. The zero-order chi connectivity index (χ0) is 15.1. The summed E-state index contributed by atoms with van der Waals surface area (Å²) in [7, 11) is 0. The van der Waals surface area contributed by atoms with E-state index in [4.69, 9.17) is 5.11 Å². The van der Waals surface area contributed by atoms with Gasteiger partial charge in [-0.2, -0.15) is 0 Å². The average Bonchev–Trinajstić information content (AvgIpc) is 2.32. The molecule has 0 aliphatic rings. The van der Waals surface area contributed by atoms with Crippen LogP contribution in [0.4, 0.5) is 4.79 Å². The molecule has 0 bridgehead atoms. The van der Waals surface area contributed by atoms with Crippen LogP contribution in [0, 0.1) is 0 Å². The van der Waals surface area contributed by atoms with Crippen molar-refractivity contribution in [2.45, 2.75) is 52.1 Å². The Bertz CT molecular complexity index is 338. The molecule has 4 N–H and O–H groups in total. The van der Waals surface area contributed by atoms with Gasteiger partial charge in [0.15, 0.2) is 0 Å². The second-order valence-corrected chi connectivity index (χ2v) is 4.62. The summed E-state index contributed by atoms with van der Waals surface area (Å²) in [5.74, 6) is -1.40. The minimum Gasteiger partial charge on any atom is -0.480 e. The Labute approximate surface area is 113 Å². The highest BCUT2D eigenvalue weighted by Crippen LogP contribution is 2.14. The topological polar surface area (TPSA) is 108 Å². The molecule has 0 aromatic carbocycles. The first-order valence-corrected chi connectivity index (χ1v) is 6.36. The van der Waals surface area contributed by atoms with Gasteiger partial charge in [0.1, 0.15) is 5.54 Å². The van der Waals surface area contributed by atoms with Crippen LogP contribution in [0.15, 0.2) is 0 Å². The number of carbonyl (C=O) groups is 3. The molecule has 0 fully saturated rings. The van der Waals surface area contributed by atoms with Crippen LogP contribution in [0.2, 0.25) is 0 Å². The molecule has 0 spiro atoms. The van der Waals surface area contributed by atoms with Gasteiger partial charge in [-0.25, -0.2) is 9.59 Å². The van der Waals surface area contributed by atoms with Crippen molar-refractivity contribution in [3.05, 3.63) is 0 Å². The number of urea groups is 1. The fourth-order valence-electron chi connectivity index (χ4n) is 1.58. The fourth-order valence-corrected chi connectivity index (χ4v) is 1.58. The van der Waals surface area contributed by atoms with Crippen molar-refractivity contribution in [3.63, 3.8) is 0 Å². The number of aliphatic carboxylic acids is 1. The highest BCUT2D eigenvalue weighted by Gasteiger charge is 2.36. The van der Waals surface area contributed by atoms with E-state index in [1.165, 1.54) is 0 Å². The van der Waals surface area contributed by atoms with Crippen LogP contribution in [0.1, 0.15) is 40.5 Å². The summed E-state index contributed by atoms with van der Waals surface area (Å²) in [6, 6.07) is -0.674. The third-order valence-corrected chi connectivity index (χ3v) is 2.83. The normalized spacial score (nSPS) is 11.0. The van der Waals surface area contributed by atoms with E-state index >= 15 is 0 Å². The molecule has 0 unspecified atom stereocenters. The lowest BCUT2D eigenvalue weighted by atomic mass is 9.93. The Hall–Kier alpha value is -1.79. The van der Waals surface area contributed by atoms with E-state index in [2.05, 4.69) is 16.0 Å². The van der Waals surface area contributed by atoms with Crippen LogP contribution in [-0.4, -0.2) is 41.1 Å². The van der Waals surface area contributed by atoms with Crippen LogP contribution in [0.5, 0.6) is 0 Å². The lowest BCUT2D eigenvalue weighted by molar-refractivity contribution is -0.144. The largest absolute Gasteiger partial charge is 0.480 e. The summed E-state index contributed by atoms with van der Waals surface area (Å²) in [6.07, 6.45) is 0.537. The third kappa shape index (κ3) is 5.58. The van der Waals surface area contributed by atoms with Crippen molar-refractivity contribution in [2.24, 2.45) is 0 Å². The van der Waals surface area contributed by atoms with Gasteiger partial charge in [-0.05, 0) is 26.7 Å². The molecule has 0 radical (unpaired) electrons. The molecule has 19 heavy (non-hydrogen) atoms. The van der Waals surface area contributed by atoms with Gasteiger partial charge in [-0.1, -0.05) is 13.8 Å². The summed E-state index contributed by atoms with van der Waals surface area (Å²) < 4.78 is 0. The van der Waals surface area contributed by atoms with Crippen LogP contribution >= 0.6 is 0 Å². The Kier molecular flexibility index (Phi) is 6.89. The number of carboxylic acids is 1. The van der Waals surface area contributed by atoms with Gasteiger partial charge in [0.2, 0.25) is 5.91 Å². The van der Waals surface area contributed by atoms with E-state index in [0.29, 0.717) is 0 Å². The van der Waals surface area contributed by atoms with Crippen molar-refractivity contribution in [2.75, 3.05) is 6.54 Å². The molecule has 0 saturated heterocycles. The maximum Gasteiger partial charge on any atom is 0.329 e. The zero-order valence-corrected chi connectivity index (χ0v) is 11.9. The van der Waals surface area contributed by atoms with Gasteiger partial charge >= 0.3 is 12.0 Å². The number of amides is 3. The van der Waals surface area contributed by atoms with Gasteiger partial charge in [-0.3, -0.25) is 4.79 Å². The molecular formula is C12H23N3O4. The standard InChI is InChI=1S/C12H23N3O4/c1-5-12(6-2,10(17)18)15-11(19)13-7-9(16)14-8(3)4/h8H,5-7H2,1-4H3,(H,14,16)(H,17,18)(H2,13,15,19). The molecule has 0 aromatic rings. The van der Waals surface area contributed by atoms with E-state index in [0.717, 1.165) is 0 Å². The molecule has 0 aliphatic carbocycles. The molecule has 3 amide bonds. The summed E-state index contributed by atoms with van der Waals surface area (Å²) in [6.45, 7) is 6.79. The van der Waals surface area contributed by atoms with Crippen molar-refractivity contribution in [1.29, 1.82) is 0 Å². The lowest BCUT2D eigenvalue weighted by Crippen LogP contribution is -2.57. The molecule has 0 heterocycles. The monoisotopic (exact) mass is 273 g/mol. The predicted octanol–water partition coefficient (Wildman–Crippen LogP) is 0.454. The van der Waals surface area contributed by atoms with Crippen molar-refractivity contribution in [1.82, 2.24) is 16.0 Å². The number of carbonyl (C=O) groups excluding carboxylic acids is 2. The number of hydrogen-bond acceptors (Lipinski definition) is 3. The van der Waals surface area contributed by atoms with Crippen LogP contribution in [0.25, 0.3) is 0 Å². The molecule has 7 nitrogen and oxygen atoms in total. The van der Waals surface area contributed by atoms with E-state index in [1.54, 1.807) is 13.8 Å². The number of hydrogen-bond donors (Lipinski definition) is 4. The Morgan fingerprint density at radius 3 is 2.05 bits per heavy atom. The molecule has 7 heteroatoms. The van der Waals surface area contributed by atoms with E-state index in [-0.39, 0.29) is 31.3 Å². The molecule has 0 atom stereocenters. The first kappa shape index (κ1) is 17.2. The fraction of sp³-hybridized carbons (Fsp3) is 0.750. The first-order chi connectivity index (χ1) is 8.77. The average molecular weight is 273 g/mol. The van der Waals surface area contributed by atoms with Gasteiger partial charge in [-0.15, -0.1) is 0 Å². The lowest BCUT2D eigenvalue weighted by Gasteiger charge is -2.28. The third-order valence-electron chi connectivity index (χ3n) is 2.83. The number of nitrogens with one attached hydrogen (secondary N) is 3. The highest BCUT2D eigenvalue weighted by atomic mass is 16.4. The van der Waals surface area contributed by atoms with E-state index in [1.807, 2.05) is 13.8 Å². The van der Waals surface area contributed by atoms with Crippen molar-refractivity contribution >= 4 is 17.9 Å². The van der Waals surface area contributed by atoms with E-state index in [9.17, 15) is 14.4 Å². The van der Waals surface area contributed by atoms with Gasteiger partial charge < -0.3 is 21.1 Å². The van der Waals surface area contributed by atoms with E-state index < -0.39 is 17.5 Å². The maximum absolute atomic E-state index is 11.6. The molecule has 110 valence electrons. The van der Waals surface area contributed by atoms with Gasteiger partial charge in [0.05, 0.1) is 6.54 Å². The minimum absolute atomic E-state index is 0.0123. The van der Waals surface area contributed by atoms with Gasteiger partial charge in [0.25, 0.3) is 0 Å². The summed E-state index contributed by atoms with van der Waals surface area (Å²) in [4.78, 5) is 34.1. The Morgan fingerprint density at radius 1 is 1.16 bits per heavy atom. The smallest absolute Gasteiger partial charge is 0.329 e. The molecule has 0 aliphatic heterocycles. The predicted molar refractivity (Wildman–Crippen MR) is 70.8 cm³/mol. The molecular weight excluding hydrogens is 250 g/mol. The first-order valence-electron chi connectivity index (χ1n) is 6.36. The quantitative estimate of drug-likeness (QED) is 0.540. The van der Waals surface area contributed by atoms with Gasteiger partial charge in [0, 0.05) is 6.04 Å². The summed E-state index contributed by atoms with van der Waals surface area (Å²) in [5, 5.41) is 16.5. The number of rotatable bonds is 7. The second-order valence-electron chi connectivity index (χ2n) is 4.62. The molecule has 0 saturated carbocycles. The van der Waals surface area contributed by atoms with Crippen LogP contribution < -0.4 is 16.0 Å². The Balaban J connectivity index is 4.37. The van der Waals surface area contributed by atoms with Crippen LogP contribution in [-0.2, 0) is 9.59 Å². The molecule has 0 aromatic heterocycles. The maximum atomic E-state index is 11.6. The van der Waals surface area contributed by atoms with Crippen molar-refractivity contribution < 1.29 is 19.5 Å². The highest BCUT2D eigenvalue weighted by molar-refractivity contribution is 5.88. The zero-order valence-electron chi connectivity index (χ0n) is 11.9. The number of carboxylic acid groups (broad SMARTS) is 1. The Morgan fingerprint density at radius 2 is 1.68 bits per heavy atom. The molecule has 0 rings (SSSR count). The van der Waals surface area contributed by atoms with Crippen molar-refractivity contribution in [3.8, 4) is 0 Å². The van der Waals surface area contributed by atoms with Crippen LogP contribution in [0.3, 0.4) is 0 Å². The summed E-state index contributed by atoms with van der Waals surface area (Å²) in [5.41, 5.74) is -1.29. The summed E-state index contributed by atoms with van der Waals surface area (Å²) >= 11 is 0. The second kappa shape index (κ2) is 7.60. The minimum atomic E-state index is -1.29.